The van der Waals surface area contributed by atoms with Crippen molar-refractivity contribution in [3.8, 4) is 17.2 Å². The molecule has 32 heavy (non-hydrogen) atoms. The van der Waals surface area contributed by atoms with Gasteiger partial charge in [-0.2, -0.15) is 0 Å². The number of urea groups is 1. The second kappa shape index (κ2) is 8.03. The molecule has 2 heterocycles. The van der Waals surface area contributed by atoms with Gasteiger partial charge in [-0.1, -0.05) is 12.1 Å². The van der Waals surface area contributed by atoms with Crippen LogP contribution < -0.4 is 19.5 Å². The summed E-state index contributed by atoms with van der Waals surface area (Å²) in [6.45, 7) is 1.31. The van der Waals surface area contributed by atoms with Gasteiger partial charge in [-0.25, -0.2) is 9.18 Å². The lowest BCUT2D eigenvalue weighted by atomic mass is 9.91. The number of hydrogen-bond acceptors (Lipinski definition) is 6. The molecule has 1 N–H and O–H groups in total. The van der Waals surface area contributed by atoms with Crippen molar-refractivity contribution in [2.45, 2.75) is 19.0 Å². The van der Waals surface area contributed by atoms with E-state index < -0.39 is 35.7 Å². The van der Waals surface area contributed by atoms with Crippen LogP contribution in [0, 0.1) is 5.82 Å². The first kappa shape index (κ1) is 21.4. The van der Waals surface area contributed by atoms with Crippen LogP contribution in [0.25, 0.3) is 0 Å². The number of nitrogens with one attached hydrogen (secondary N) is 1. The maximum Gasteiger partial charge on any atom is 0.325 e. The summed E-state index contributed by atoms with van der Waals surface area (Å²) in [5, 5.41) is 2.66. The van der Waals surface area contributed by atoms with Crippen LogP contribution in [0.1, 0.15) is 18.1 Å². The molecule has 2 aliphatic heterocycles. The number of carbonyl (C=O) groups is 3. The van der Waals surface area contributed by atoms with Gasteiger partial charge in [0.15, 0.2) is 23.1 Å². The third kappa shape index (κ3) is 3.68. The van der Waals surface area contributed by atoms with Crippen LogP contribution in [0.4, 0.5) is 9.18 Å². The van der Waals surface area contributed by atoms with Crippen molar-refractivity contribution in [3.63, 3.8) is 0 Å². The van der Waals surface area contributed by atoms with E-state index in [1.165, 1.54) is 31.2 Å². The standard InChI is InChI=1S/C22H22FN3O6/c1-22(14-5-7-17-18(9-14)32-12-31-17)20(28)26(21(29)24-22)11-19(27)25(2)10-13-4-6-16(30-3)15(23)8-13/h4-9H,10-12H2,1-3H3,(H,24,29). The summed E-state index contributed by atoms with van der Waals surface area (Å²) < 4.78 is 29.4. The van der Waals surface area contributed by atoms with Crippen molar-refractivity contribution < 1.29 is 33.0 Å². The minimum atomic E-state index is -1.35. The summed E-state index contributed by atoms with van der Waals surface area (Å²) in [6, 6.07) is 8.67. The highest BCUT2D eigenvalue weighted by molar-refractivity contribution is 6.09. The van der Waals surface area contributed by atoms with Gasteiger partial charge in [0.05, 0.1) is 7.11 Å². The zero-order chi connectivity index (χ0) is 23.0. The third-order valence-corrected chi connectivity index (χ3v) is 5.58. The summed E-state index contributed by atoms with van der Waals surface area (Å²) in [6.07, 6.45) is 0. The summed E-state index contributed by atoms with van der Waals surface area (Å²) in [7, 11) is 2.88. The van der Waals surface area contributed by atoms with Crippen LogP contribution in [-0.4, -0.2) is 55.1 Å². The first-order valence-corrected chi connectivity index (χ1v) is 9.83. The number of likely N-dealkylation sites (N-methyl/N-ethyl adjacent to an activating group) is 1. The van der Waals surface area contributed by atoms with Gasteiger partial charge in [0.25, 0.3) is 5.91 Å². The summed E-state index contributed by atoms with van der Waals surface area (Å²) in [5.41, 5.74) is -0.297. The molecule has 0 aromatic heterocycles. The van der Waals surface area contributed by atoms with Gasteiger partial charge in [-0.3, -0.25) is 14.5 Å². The number of nitrogens with zero attached hydrogens (tertiary/aromatic N) is 2. The Hall–Kier alpha value is -3.82. The predicted octanol–water partition coefficient (Wildman–Crippen LogP) is 1.99. The largest absolute Gasteiger partial charge is 0.494 e. The van der Waals surface area contributed by atoms with Gasteiger partial charge in [0, 0.05) is 13.6 Å². The van der Waals surface area contributed by atoms with Crippen molar-refractivity contribution in [1.29, 1.82) is 0 Å². The molecule has 1 fully saturated rings. The molecule has 0 spiro atoms. The summed E-state index contributed by atoms with van der Waals surface area (Å²) in [4.78, 5) is 40.5. The Kier molecular flexibility index (Phi) is 5.37. The Labute approximate surface area is 183 Å². The normalized spacial score (nSPS) is 19.2. The zero-order valence-electron chi connectivity index (χ0n) is 17.8. The quantitative estimate of drug-likeness (QED) is 0.686. The molecular formula is C22H22FN3O6. The minimum absolute atomic E-state index is 0.0842. The minimum Gasteiger partial charge on any atom is -0.494 e. The second-order valence-corrected chi connectivity index (χ2v) is 7.73. The highest BCUT2D eigenvalue weighted by Crippen LogP contribution is 2.37. The monoisotopic (exact) mass is 443 g/mol. The molecule has 0 bridgehead atoms. The van der Waals surface area contributed by atoms with Gasteiger partial charge in [0.1, 0.15) is 12.1 Å². The molecule has 0 aliphatic carbocycles. The first-order chi connectivity index (χ1) is 15.2. The van der Waals surface area contributed by atoms with Crippen molar-refractivity contribution >= 4 is 17.8 Å². The van der Waals surface area contributed by atoms with E-state index in [0.29, 0.717) is 22.6 Å². The van der Waals surface area contributed by atoms with Crippen LogP contribution in [0.15, 0.2) is 36.4 Å². The molecular weight excluding hydrogens is 421 g/mol. The number of benzene rings is 2. The summed E-state index contributed by atoms with van der Waals surface area (Å²) >= 11 is 0. The van der Waals surface area contributed by atoms with Crippen molar-refractivity contribution in [3.05, 3.63) is 53.3 Å². The maximum absolute atomic E-state index is 13.9. The molecule has 0 saturated carbocycles. The van der Waals surface area contributed by atoms with Gasteiger partial charge in [-0.15, -0.1) is 0 Å². The van der Waals surface area contributed by atoms with E-state index in [0.717, 1.165) is 4.90 Å². The van der Waals surface area contributed by atoms with E-state index in [2.05, 4.69) is 5.32 Å². The molecule has 4 rings (SSSR count). The van der Waals surface area contributed by atoms with Crippen LogP contribution >= 0.6 is 0 Å². The molecule has 1 saturated heterocycles. The highest BCUT2D eigenvalue weighted by atomic mass is 19.1. The van der Waals surface area contributed by atoms with Crippen molar-refractivity contribution in [2.75, 3.05) is 27.5 Å². The summed E-state index contributed by atoms with van der Waals surface area (Å²) in [5.74, 6) is -0.438. The Balaban J connectivity index is 1.46. The maximum atomic E-state index is 13.9. The molecule has 1 atom stereocenters. The Morgan fingerprint density at radius 2 is 1.97 bits per heavy atom. The Bertz CT molecular complexity index is 1110. The molecule has 4 amide bonds. The van der Waals surface area contributed by atoms with E-state index in [1.54, 1.807) is 31.2 Å². The number of rotatable bonds is 6. The first-order valence-electron chi connectivity index (χ1n) is 9.83. The molecule has 2 aromatic carbocycles. The lowest BCUT2D eigenvalue weighted by molar-refractivity contribution is -0.138. The smallest absolute Gasteiger partial charge is 0.325 e. The number of carbonyl (C=O) groups excluding carboxylic acids is 3. The molecule has 1 unspecified atom stereocenters. The molecule has 2 aliphatic rings. The third-order valence-electron chi connectivity index (χ3n) is 5.58. The van der Waals surface area contributed by atoms with Gasteiger partial charge < -0.3 is 24.4 Å². The van der Waals surface area contributed by atoms with Crippen LogP contribution in [0.3, 0.4) is 0 Å². The highest BCUT2D eigenvalue weighted by Gasteiger charge is 2.50. The fraction of sp³-hybridized carbons (Fsp3) is 0.318. The van der Waals surface area contributed by atoms with Crippen LogP contribution in [0.5, 0.6) is 17.2 Å². The number of ether oxygens (including phenoxy) is 3. The molecule has 10 heteroatoms. The lowest BCUT2D eigenvalue weighted by Gasteiger charge is -2.23. The average Bonchev–Trinajstić information content (AvgIpc) is 3.32. The fourth-order valence-electron chi connectivity index (χ4n) is 3.67. The van der Waals surface area contributed by atoms with E-state index in [9.17, 15) is 18.8 Å². The van der Waals surface area contributed by atoms with E-state index in [4.69, 9.17) is 14.2 Å². The van der Waals surface area contributed by atoms with Crippen molar-refractivity contribution in [1.82, 2.24) is 15.1 Å². The lowest BCUT2D eigenvalue weighted by Crippen LogP contribution is -2.43. The Morgan fingerprint density at radius 3 is 2.69 bits per heavy atom. The van der Waals surface area contributed by atoms with Crippen molar-refractivity contribution in [2.24, 2.45) is 0 Å². The number of methoxy groups -OCH3 is 1. The molecule has 9 nitrogen and oxygen atoms in total. The molecule has 0 radical (unpaired) electrons. The van der Waals surface area contributed by atoms with E-state index in [-0.39, 0.29) is 19.1 Å². The number of halogens is 1. The van der Waals surface area contributed by atoms with E-state index in [1.807, 2.05) is 0 Å². The van der Waals surface area contributed by atoms with Gasteiger partial charge in [-0.05, 0) is 42.3 Å². The SMILES string of the molecule is COc1ccc(CN(C)C(=O)CN2C(=O)NC(C)(c3ccc4c(c3)OCO4)C2=O)cc1F. The molecule has 168 valence electrons. The fourth-order valence-corrected chi connectivity index (χ4v) is 3.67. The average molecular weight is 443 g/mol. The zero-order valence-corrected chi connectivity index (χ0v) is 17.8. The number of imide groups is 1. The van der Waals surface area contributed by atoms with Crippen LogP contribution in [-0.2, 0) is 21.7 Å². The number of fused-ring (bicyclic) bond motifs is 1. The van der Waals surface area contributed by atoms with E-state index >= 15 is 0 Å². The van der Waals surface area contributed by atoms with Gasteiger partial charge >= 0.3 is 6.03 Å². The Morgan fingerprint density at radius 1 is 1.22 bits per heavy atom. The topological polar surface area (TPSA) is 97.4 Å². The molecule has 2 aromatic rings. The number of amides is 4. The number of hydrogen-bond donors (Lipinski definition) is 1. The predicted molar refractivity (Wildman–Crippen MR) is 110 cm³/mol. The van der Waals surface area contributed by atoms with Gasteiger partial charge in [0.2, 0.25) is 12.7 Å². The second-order valence-electron chi connectivity index (χ2n) is 7.73. The van der Waals surface area contributed by atoms with Crippen LogP contribution in [0.2, 0.25) is 0 Å².